The first kappa shape index (κ1) is 16.0. The third-order valence-corrected chi connectivity index (χ3v) is 5.25. The van der Waals surface area contributed by atoms with Gasteiger partial charge in [-0.15, -0.1) is 11.3 Å². The van der Waals surface area contributed by atoms with E-state index in [2.05, 4.69) is 9.97 Å². The number of thiophene rings is 1. The molecule has 118 valence electrons. The zero-order valence-corrected chi connectivity index (χ0v) is 14.4. The molecular formula is C15H12Cl2N4OS. The Morgan fingerprint density at radius 1 is 1.22 bits per heavy atom. The van der Waals surface area contributed by atoms with Crippen LogP contribution >= 0.6 is 34.5 Å². The highest BCUT2D eigenvalue weighted by Crippen LogP contribution is 2.40. The van der Waals surface area contributed by atoms with Gasteiger partial charge in [-0.2, -0.15) is 0 Å². The first-order valence-corrected chi connectivity index (χ1v) is 8.33. The smallest absolute Gasteiger partial charge is 0.221 e. The lowest BCUT2D eigenvalue weighted by Crippen LogP contribution is -2.00. The van der Waals surface area contributed by atoms with Gasteiger partial charge in [-0.1, -0.05) is 36.2 Å². The van der Waals surface area contributed by atoms with Crippen molar-refractivity contribution in [3.05, 3.63) is 33.1 Å². The Balaban J connectivity index is 2.33. The molecule has 0 fully saturated rings. The van der Waals surface area contributed by atoms with Crippen molar-refractivity contribution in [1.29, 1.82) is 0 Å². The van der Waals surface area contributed by atoms with E-state index in [1.807, 2.05) is 0 Å². The summed E-state index contributed by atoms with van der Waals surface area (Å²) in [5, 5.41) is 1.45. The maximum atomic E-state index is 12.0. The van der Waals surface area contributed by atoms with Crippen molar-refractivity contribution in [1.82, 2.24) is 9.97 Å². The number of halogens is 2. The number of rotatable bonds is 3. The van der Waals surface area contributed by atoms with E-state index in [9.17, 15) is 4.79 Å². The number of carbonyl (C=O) groups is 1. The molecule has 0 saturated heterocycles. The van der Waals surface area contributed by atoms with Crippen LogP contribution < -0.4 is 11.5 Å². The Hall–Kier alpha value is -1.89. The van der Waals surface area contributed by atoms with Crippen LogP contribution in [0.1, 0.15) is 23.0 Å². The molecule has 0 radical (unpaired) electrons. The SMILES string of the molecule is CCC(=O)c1sc2nc(N)nc(-c3ccc(Cl)c(Cl)c3)c2c1N. The van der Waals surface area contributed by atoms with Gasteiger partial charge in [-0.25, -0.2) is 9.97 Å². The van der Waals surface area contributed by atoms with E-state index in [0.29, 0.717) is 48.5 Å². The first-order chi connectivity index (χ1) is 10.9. The zero-order valence-electron chi connectivity index (χ0n) is 12.1. The molecule has 0 aliphatic rings. The molecule has 0 atom stereocenters. The van der Waals surface area contributed by atoms with Gasteiger partial charge in [0.2, 0.25) is 5.95 Å². The van der Waals surface area contributed by atoms with Crippen molar-refractivity contribution in [3.63, 3.8) is 0 Å². The third kappa shape index (κ3) is 2.73. The van der Waals surface area contributed by atoms with Crippen LogP contribution in [-0.2, 0) is 0 Å². The van der Waals surface area contributed by atoms with Crippen LogP contribution in [-0.4, -0.2) is 15.8 Å². The minimum atomic E-state index is -0.0378. The second kappa shape index (κ2) is 5.96. The van der Waals surface area contributed by atoms with Gasteiger partial charge in [-0.05, 0) is 12.1 Å². The lowest BCUT2D eigenvalue weighted by molar-refractivity contribution is 0.0993. The molecule has 0 aliphatic heterocycles. The predicted octanol–water partition coefficient (Wildman–Crippen LogP) is 4.42. The fourth-order valence-electron chi connectivity index (χ4n) is 2.26. The van der Waals surface area contributed by atoms with Crippen LogP contribution in [0.4, 0.5) is 11.6 Å². The van der Waals surface area contributed by atoms with Gasteiger partial charge in [0.15, 0.2) is 5.78 Å². The Kier molecular flexibility index (Phi) is 4.14. The molecule has 4 N–H and O–H groups in total. The molecule has 1 aromatic carbocycles. The molecule has 2 aromatic heterocycles. The summed E-state index contributed by atoms with van der Waals surface area (Å²) in [6.45, 7) is 1.78. The van der Waals surface area contributed by atoms with Gasteiger partial charge in [-0.3, -0.25) is 4.79 Å². The van der Waals surface area contributed by atoms with E-state index in [4.69, 9.17) is 34.7 Å². The van der Waals surface area contributed by atoms with Gasteiger partial charge >= 0.3 is 0 Å². The number of carbonyl (C=O) groups excluding carboxylic acids is 1. The molecular weight excluding hydrogens is 355 g/mol. The van der Waals surface area contributed by atoms with Crippen molar-refractivity contribution < 1.29 is 4.79 Å². The molecule has 5 nitrogen and oxygen atoms in total. The van der Waals surface area contributed by atoms with Gasteiger partial charge < -0.3 is 11.5 Å². The fraction of sp³-hybridized carbons (Fsp3) is 0.133. The monoisotopic (exact) mass is 366 g/mol. The molecule has 23 heavy (non-hydrogen) atoms. The number of nitrogens with two attached hydrogens (primary N) is 2. The minimum Gasteiger partial charge on any atom is -0.397 e. The average Bonchev–Trinajstić information content (AvgIpc) is 2.85. The summed E-state index contributed by atoms with van der Waals surface area (Å²) in [6, 6.07) is 5.13. The molecule has 0 bridgehead atoms. The number of anilines is 2. The molecule has 8 heteroatoms. The number of nitrogens with zero attached hydrogens (tertiary/aromatic N) is 2. The zero-order chi connectivity index (χ0) is 16.7. The maximum Gasteiger partial charge on any atom is 0.221 e. The van der Waals surface area contributed by atoms with E-state index >= 15 is 0 Å². The van der Waals surface area contributed by atoms with Crippen LogP contribution in [0, 0.1) is 0 Å². The number of hydrogen-bond donors (Lipinski definition) is 2. The lowest BCUT2D eigenvalue weighted by atomic mass is 10.1. The Bertz CT molecular complexity index is 939. The quantitative estimate of drug-likeness (QED) is 0.668. The van der Waals surface area contributed by atoms with Crippen molar-refractivity contribution >= 4 is 62.2 Å². The highest BCUT2D eigenvalue weighted by Gasteiger charge is 2.21. The van der Waals surface area contributed by atoms with E-state index in [1.165, 1.54) is 11.3 Å². The lowest BCUT2D eigenvalue weighted by Gasteiger charge is -2.06. The van der Waals surface area contributed by atoms with Gasteiger partial charge in [0.25, 0.3) is 0 Å². The minimum absolute atomic E-state index is 0.0378. The van der Waals surface area contributed by atoms with Gasteiger partial charge in [0.05, 0.1) is 31.7 Å². The highest BCUT2D eigenvalue weighted by atomic mass is 35.5. The maximum absolute atomic E-state index is 12.0. The van der Waals surface area contributed by atoms with E-state index in [-0.39, 0.29) is 11.7 Å². The summed E-state index contributed by atoms with van der Waals surface area (Å²) in [4.78, 5) is 21.6. The summed E-state index contributed by atoms with van der Waals surface area (Å²) in [5.74, 6) is 0.0690. The van der Waals surface area contributed by atoms with Crippen LogP contribution in [0.2, 0.25) is 10.0 Å². The standard InChI is InChI=1S/C15H12Cl2N4OS/c1-2-9(22)13-11(18)10-12(20-15(19)21-14(10)23-13)6-3-4-7(16)8(17)5-6/h3-5H,2,18H2,1H3,(H2,19,20,21). The molecule has 0 amide bonds. The van der Waals surface area contributed by atoms with E-state index in [0.717, 1.165) is 0 Å². The van der Waals surface area contributed by atoms with Crippen LogP contribution in [0.25, 0.3) is 21.5 Å². The molecule has 0 aliphatic carbocycles. The number of Topliss-reactive ketones (excluding diaryl/α,β-unsaturated/α-hetero) is 1. The van der Waals surface area contributed by atoms with Gasteiger partial charge in [0, 0.05) is 12.0 Å². The summed E-state index contributed by atoms with van der Waals surface area (Å²) >= 11 is 13.3. The Morgan fingerprint density at radius 2 is 1.96 bits per heavy atom. The molecule has 0 saturated carbocycles. The largest absolute Gasteiger partial charge is 0.397 e. The number of ketones is 1. The summed E-state index contributed by atoms with van der Waals surface area (Å²) in [7, 11) is 0. The van der Waals surface area contributed by atoms with Gasteiger partial charge in [0.1, 0.15) is 4.83 Å². The van der Waals surface area contributed by atoms with Crippen molar-refractivity contribution in [2.75, 3.05) is 11.5 Å². The highest BCUT2D eigenvalue weighted by molar-refractivity contribution is 7.21. The third-order valence-electron chi connectivity index (χ3n) is 3.37. The number of fused-ring (bicyclic) bond motifs is 1. The van der Waals surface area contributed by atoms with Crippen LogP contribution in [0.5, 0.6) is 0 Å². The summed E-state index contributed by atoms with van der Waals surface area (Å²) < 4.78 is 0. The first-order valence-electron chi connectivity index (χ1n) is 6.76. The molecule has 0 unspecified atom stereocenters. The normalized spacial score (nSPS) is 11.1. The molecule has 2 heterocycles. The van der Waals surface area contributed by atoms with E-state index < -0.39 is 0 Å². The fourth-order valence-corrected chi connectivity index (χ4v) is 3.67. The molecule has 3 aromatic rings. The summed E-state index contributed by atoms with van der Waals surface area (Å²) in [6.07, 6.45) is 0.363. The van der Waals surface area contributed by atoms with Crippen LogP contribution in [0.15, 0.2) is 18.2 Å². The van der Waals surface area contributed by atoms with E-state index in [1.54, 1.807) is 25.1 Å². The topological polar surface area (TPSA) is 94.9 Å². The Morgan fingerprint density at radius 3 is 2.61 bits per heavy atom. The second-order valence-corrected chi connectivity index (χ2v) is 6.67. The number of aromatic nitrogens is 2. The number of benzene rings is 1. The van der Waals surface area contributed by atoms with Crippen molar-refractivity contribution in [3.8, 4) is 11.3 Å². The van der Waals surface area contributed by atoms with Crippen molar-refractivity contribution in [2.24, 2.45) is 0 Å². The number of nitrogen functional groups attached to an aromatic ring is 2. The second-order valence-electron chi connectivity index (χ2n) is 4.86. The van der Waals surface area contributed by atoms with Crippen molar-refractivity contribution in [2.45, 2.75) is 13.3 Å². The predicted molar refractivity (Wildman–Crippen MR) is 96.3 cm³/mol. The Labute approximate surface area is 146 Å². The molecule has 3 rings (SSSR count). The van der Waals surface area contributed by atoms with Crippen LogP contribution in [0.3, 0.4) is 0 Å². The average molecular weight is 367 g/mol. The summed E-state index contributed by atoms with van der Waals surface area (Å²) in [5.41, 5.74) is 13.6. The molecule has 0 spiro atoms. The number of hydrogen-bond acceptors (Lipinski definition) is 6.